The molecule has 1 rings (SSSR count). The summed E-state index contributed by atoms with van der Waals surface area (Å²) in [4.78, 5) is 22.4. The van der Waals surface area contributed by atoms with Crippen LogP contribution in [-0.4, -0.2) is 17.1 Å². The zero-order valence-electron chi connectivity index (χ0n) is 7.69. The van der Waals surface area contributed by atoms with Crippen molar-refractivity contribution in [1.82, 2.24) is 10.6 Å². The number of thiocarbonyl (C=S) groups is 1. The first kappa shape index (κ1) is 11.1. The van der Waals surface area contributed by atoms with Crippen molar-refractivity contribution in [3.8, 4) is 0 Å². The van der Waals surface area contributed by atoms with E-state index in [1.165, 1.54) is 0 Å². The lowest BCUT2D eigenvalue weighted by molar-refractivity contribution is 0.0965. The third-order valence-corrected chi connectivity index (χ3v) is 1.60. The molecule has 4 N–H and O–H groups in total. The molecule has 1 aromatic rings. The Bertz CT molecular complexity index is 392. The molecule has 5 nitrogen and oxygen atoms in total. The summed E-state index contributed by atoms with van der Waals surface area (Å²) in [6.07, 6.45) is 0. The summed E-state index contributed by atoms with van der Waals surface area (Å²) in [5.74, 6) is -0.510. The van der Waals surface area contributed by atoms with Crippen molar-refractivity contribution in [1.29, 1.82) is 0 Å². The van der Waals surface area contributed by atoms with E-state index in [-0.39, 0.29) is 5.11 Å². The molecule has 0 saturated carbocycles. The average molecular weight is 223 g/mol. The van der Waals surface area contributed by atoms with Crippen LogP contribution >= 0.6 is 12.2 Å². The number of carbonyl (C=O) groups is 2. The van der Waals surface area contributed by atoms with E-state index >= 15 is 0 Å². The Morgan fingerprint density at radius 2 is 1.73 bits per heavy atom. The molecule has 6 heteroatoms. The maximum absolute atomic E-state index is 11.4. The third kappa shape index (κ3) is 3.74. The normalized spacial score (nSPS) is 9.07. The van der Waals surface area contributed by atoms with Crippen molar-refractivity contribution in [2.24, 2.45) is 5.73 Å². The largest absolute Gasteiger partial charge is 0.376 e. The van der Waals surface area contributed by atoms with Gasteiger partial charge in [0.25, 0.3) is 5.91 Å². The predicted octanol–water partition coefficient (Wildman–Crippen LogP) is 0.370. The fourth-order valence-electron chi connectivity index (χ4n) is 0.908. The minimum atomic E-state index is -0.739. The number of hydrogen-bond acceptors (Lipinski definition) is 3. The summed E-state index contributed by atoms with van der Waals surface area (Å²) in [5.41, 5.74) is 5.44. The Morgan fingerprint density at radius 3 is 2.27 bits per heavy atom. The molecular weight excluding hydrogens is 214 g/mol. The van der Waals surface area contributed by atoms with Gasteiger partial charge >= 0.3 is 6.03 Å². The molecule has 0 aliphatic rings. The predicted molar refractivity (Wildman–Crippen MR) is 59.2 cm³/mol. The molecule has 0 atom stereocenters. The third-order valence-electron chi connectivity index (χ3n) is 1.50. The molecule has 0 saturated heterocycles. The van der Waals surface area contributed by atoms with Crippen LogP contribution in [0.4, 0.5) is 4.79 Å². The van der Waals surface area contributed by atoms with Crippen LogP contribution in [0.15, 0.2) is 30.3 Å². The molecule has 0 aliphatic heterocycles. The molecule has 0 unspecified atom stereocenters. The summed E-state index contributed by atoms with van der Waals surface area (Å²) in [5, 5.41) is 3.97. The molecule has 0 heterocycles. The van der Waals surface area contributed by atoms with E-state index in [1.807, 2.05) is 0 Å². The van der Waals surface area contributed by atoms with Crippen molar-refractivity contribution >= 4 is 29.3 Å². The highest BCUT2D eigenvalue weighted by Crippen LogP contribution is 1.97. The van der Waals surface area contributed by atoms with E-state index in [0.29, 0.717) is 5.56 Å². The van der Waals surface area contributed by atoms with Crippen molar-refractivity contribution in [3.63, 3.8) is 0 Å². The van der Waals surface area contributed by atoms with E-state index in [1.54, 1.807) is 30.3 Å². The van der Waals surface area contributed by atoms with Crippen molar-refractivity contribution in [3.05, 3.63) is 35.9 Å². The molecule has 0 aromatic heterocycles. The van der Waals surface area contributed by atoms with Crippen molar-refractivity contribution < 1.29 is 9.59 Å². The fourth-order valence-corrected chi connectivity index (χ4v) is 1.00. The number of benzene rings is 1. The number of nitrogens with two attached hydrogens (primary N) is 1. The van der Waals surface area contributed by atoms with Gasteiger partial charge in [-0.25, -0.2) is 4.79 Å². The van der Waals surface area contributed by atoms with Gasteiger partial charge in [0, 0.05) is 5.56 Å². The molecule has 1 aromatic carbocycles. The number of urea groups is 1. The van der Waals surface area contributed by atoms with Gasteiger partial charge < -0.3 is 5.73 Å². The lowest BCUT2D eigenvalue weighted by atomic mass is 10.2. The summed E-state index contributed by atoms with van der Waals surface area (Å²) in [6.45, 7) is 0. The van der Waals surface area contributed by atoms with E-state index in [9.17, 15) is 9.59 Å². The van der Waals surface area contributed by atoms with Gasteiger partial charge in [-0.15, -0.1) is 0 Å². The zero-order chi connectivity index (χ0) is 11.3. The smallest absolute Gasteiger partial charge is 0.327 e. The van der Waals surface area contributed by atoms with Gasteiger partial charge in [-0.3, -0.25) is 15.4 Å². The van der Waals surface area contributed by atoms with Crippen LogP contribution in [0.2, 0.25) is 0 Å². The van der Waals surface area contributed by atoms with Crippen LogP contribution in [0, 0.1) is 0 Å². The SMILES string of the molecule is NC(=S)NC(=O)NC(=O)c1ccccc1. The average Bonchev–Trinajstić information content (AvgIpc) is 2.17. The molecule has 0 spiro atoms. The van der Waals surface area contributed by atoms with Gasteiger partial charge in [-0.05, 0) is 24.4 Å². The Balaban J connectivity index is 2.57. The second kappa shape index (κ2) is 5.06. The number of nitrogens with one attached hydrogen (secondary N) is 2. The number of carbonyl (C=O) groups excluding carboxylic acids is 2. The van der Waals surface area contributed by atoms with Crippen LogP contribution in [0.1, 0.15) is 10.4 Å². The summed E-state index contributed by atoms with van der Waals surface area (Å²) in [7, 11) is 0. The Morgan fingerprint density at radius 1 is 1.13 bits per heavy atom. The van der Waals surface area contributed by atoms with Crippen LogP contribution in [0.25, 0.3) is 0 Å². The fraction of sp³-hybridized carbons (Fsp3) is 0. The number of imide groups is 1. The van der Waals surface area contributed by atoms with Crippen molar-refractivity contribution in [2.45, 2.75) is 0 Å². The van der Waals surface area contributed by atoms with E-state index in [4.69, 9.17) is 5.73 Å². The van der Waals surface area contributed by atoms with Gasteiger partial charge in [0.15, 0.2) is 5.11 Å². The summed E-state index contributed by atoms with van der Waals surface area (Å²) < 4.78 is 0. The molecule has 3 amide bonds. The Kier molecular flexibility index (Phi) is 3.75. The van der Waals surface area contributed by atoms with Gasteiger partial charge in [0.2, 0.25) is 0 Å². The molecule has 0 fully saturated rings. The van der Waals surface area contributed by atoms with E-state index in [2.05, 4.69) is 22.9 Å². The number of rotatable bonds is 1. The van der Waals surface area contributed by atoms with Crippen molar-refractivity contribution in [2.75, 3.05) is 0 Å². The van der Waals surface area contributed by atoms with Crippen LogP contribution < -0.4 is 16.4 Å². The second-order valence-corrected chi connectivity index (χ2v) is 3.08. The first-order valence-corrected chi connectivity index (χ1v) is 4.47. The van der Waals surface area contributed by atoms with Crippen LogP contribution in [0.3, 0.4) is 0 Å². The molecule has 0 bridgehead atoms. The zero-order valence-corrected chi connectivity index (χ0v) is 8.51. The molecule has 78 valence electrons. The molecule has 0 aliphatic carbocycles. The quantitative estimate of drug-likeness (QED) is 0.600. The second-order valence-electron chi connectivity index (χ2n) is 2.64. The van der Waals surface area contributed by atoms with E-state index < -0.39 is 11.9 Å². The Hall–Kier alpha value is -1.95. The number of amides is 3. The standard InChI is InChI=1S/C9H9N3O2S/c10-8(15)12-9(14)11-7(13)6-4-2-1-3-5-6/h1-5H,(H4,10,11,12,13,14,15). The molecular formula is C9H9N3O2S. The van der Waals surface area contributed by atoms with Gasteiger partial charge in [-0.1, -0.05) is 18.2 Å². The van der Waals surface area contributed by atoms with Gasteiger partial charge in [-0.2, -0.15) is 0 Å². The van der Waals surface area contributed by atoms with Crippen LogP contribution in [-0.2, 0) is 0 Å². The highest BCUT2D eigenvalue weighted by Gasteiger charge is 2.09. The molecule has 15 heavy (non-hydrogen) atoms. The minimum absolute atomic E-state index is 0.187. The van der Waals surface area contributed by atoms with Crippen LogP contribution in [0.5, 0.6) is 0 Å². The van der Waals surface area contributed by atoms with Gasteiger partial charge in [0.05, 0.1) is 0 Å². The topological polar surface area (TPSA) is 84.2 Å². The number of hydrogen-bond donors (Lipinski definition) is 3. The lowest BCUT2D eigenvalue weighted by Crippen LogP contribution is -2.44. The maximum Gasteiger partial charge on any atom is 0.327 e. The highest BCUT2D eigenvalue weighted by molar-refractivity contribution is 7.80. The maximum atomic E-state index is 11.4. The molecule has 0 radical (unpaired) electrons. The van der Waals surface area contributed by atoms with E-state index in [0.717, 1.165) is 0 Å². The highest BCUT2D eigenvalue weighted by atomic mass is 32.1. The minimum Gasteiger partial charge on any atom is -0.376 e. The summed E-state index contributed by atoms with van der Waals surface area (Å²) >= 11 is 4.44. The first-order chi connectivity index (χ1) is 7.09. The summed E-state index contributed by atoms with van der Waals surface area (Å²) in [6, 6.07) is 7.59. The van der Waals surface area contributed by atoms with Gasteiger partial charge in [0.1, 0.15) is 0 Å². The monoisotopic (exact) mass is 223 g/mol. The first-order valence-electron chi connectivity index (χ1n) is 4.06. The Labute approximate surface area is 91.6 Å². The lowest BCUT2D eigenvalue weighted by Gasteiger charge is -2.04.